The molecule has 1 unspecified atom stereocenters. The molecule has 2 N–H and O–H groups in total. The van der Waals surface area contributed by atoms with Crippen LogP contribution in [0.15, 0.2) is 36.4 Å². The molecule has 1 heterocycles. The van der Waals surface area contributed by atoms with Crippen molar-refractivity contribution in [1.29, 1.82) is 0 Å². The van der Waals surface area contributed by atoms with Crippen molar-refractivity contribution in [3.05, 3.63) is 53.4 Å². The summed E-state index contributed by atoms with van der Waals surface area (Å²) in [5, 5.41) is 18.9. The van der Waals surface area contributed by atoms with E-state index in [-0.39, 0.29) is 24.9 Å². The third kappa shape index (κ3) is 4.86. The summed E-state index contributed by atoms with van der Waals surface area (Å²) < 4.78 is 24.7. The van der Waals surface area contributed by atoms with E-state index >= 15 is 0 Å². The van der Waals surface area contributed by atoms with E-state index in [9.17, 15) is 19.1 Å². The number of Topliss-reactive ketones (excluding diaryl/α,β-unsaturated/α-hetero) is 1. The first-order valence-corrected chi connectivity index (χ1v) is 9.58. The number of ether oxygens (including phenoxy) is 2. The van der Waals surface area contributed by atoms with E-state index < -0.39 is 24.3 Å². The summed E-state index contributed by atoms with van der Waals surface area (Å²) in [6.45, 7) is 4.09. The number of benzene rings is 2. The second kappa shape index (κ2) is 9.09. The third-order valence-corrected chi connectivity index (χ3v) is 4.76. The fourth-order valence-electron chi connectivity index (χ4n) is 3.39. The van der Waals surface area contributed by atoms with Gasteiger partial charge in [0.2, 0.25) is 6.79 Å². The van der Waals surface area contributed by atoms with Gasteiger partial charge in [0.1, 0.15) is 18.0 Å². The van der Waals surface area contributed by atoms with Crippen LogP contribution in [0.4, 0.5) is 4.39 Å². The second-order valence-electron chi connectivity index (χ2n) is 7.39. The van der Waals surface area contributed by atoms with Gasteiger partial charge in [0.25, 0.3) is 0 Å². The minimum absolute atomic E-state index is 0.0700. The SMILES string of the molecule is CC(C)c1cc2c(c(-c3ccc(F)cc3)c1/C=C/C(O)CC(=O)CC(=O)O)OCO2. The molecular formula is C23H23FO6. The molecule has 2 aromatic rings. The summed E-state index contributed by atoms with van der Waals surface area (Å²) in [7, 11) is 0. The average molecular weight is 414 g/mol. The predicted molar refractivity (Wildman–Crippen MR) is 109 cm³/mol. The molecule has 0 amide bonds. The normalized spacial score (nSPS) is 13.8. The van der Waals surface area contributed by atoms with Crippen molar-refractivity contribution in [3.8, 4) is 22.6 Å². The molecule has 0 saturated heterocycles. The summed E-state index contributed by atoms with van der Waals surface area (Å²) >= 11 is 0. The van der Waals surface area contributed by atoms with Crippen molar-refractivity contribution in [2.75, 3.05) is 6.79 Å². The van der Waals surface area contributed by atoms with Crippen molar-refractivity contribution >= 4 is 17.8 Å². The Kier molecular flexibility index (Phi) is 6.52. The molecule has 1 aliphatic heterocycles. The molecule has 0 radical (unpaired) electrons. The van der Waals surface area contributed by atoms with Gasteiger partial charge in [-0.2, -0.15) is 0 Å². The topological polar surface area (TPSA) is 93.1 Å². The molecular weight excluding hydrogens is 391 g/mol. The maximum absolute atomic E-state index is 13.5. The van der Waals surface area contributed by atoms with Crippen LogP contribution in [0.5, 0.6) is 11.5 Å². The minimum Gasteiger partial charge on any atom is -0.481 e. The van der Waals surface area contributed by atoms with Crippen LogP contribution in [0.2, 0.25) is 0 Å². The fourth-order valence-corrected chi connectivity index (χ4v) is 3.39. The first-order valence-electron chi connectivity index (χ1n) is 9.58. The van der Waals surface area contributed by atoms with Gasteiger partial charge in [0.05, 0.1) is 6.10 Å². The number of carboxylic acid groups (broad SMARTS) is 1. The monoisotopic (exact) mass is 414 g/mol. The largest absolute Gasteiger partial charge is 0.481 e. The van der Waals surface area contributed by atoms with Crippen molar-refractivity contribution in [1.82, 2.24) is 0 Å². The number of halogens is 1. The van der Waals surface area contributed by atoms with Crippen LogP contribution < -0.4 is 9.47 Å². The Morgan fingerprint density at radius 1 is 1.20 bits per heavy atom. The van der Waals surface area contributed by atoms with Crippen LogP contribution in [0, 0.1) is 5.82 Å². The highest BCUT2D eigenvalue weighted by Gasteiger charge is 2.25. The molecule has 0 spiro atoms. The number of carboxylic acids is 1. The Balaban J connectivity index is 2.04. The second-order valence-corrected chi connectivity index (χ2v) is 7.39. The molecule has 6 nitrogen and oxygen atoms in total. The number of aliphatic hydroxyl groups excluding tert-OH is 1. The number of hydrogen-bond donors (Lipinski definition) is 2. The molecule has 0 fully saturated rings. The molecule has 0 aliphatic carbocycles. The highest BCUT2D eigenvalue weighted by atomic mass is 19.1. The van der Waals surface area contributed by atoms with E-state index in [0.29, 0.717) is 17.1 Å². The van der Waals surface area contributed by atoms with E-state index in [1.165, 1.54) is 18.2 Å². The smallest absolute Gasteiger partial charge is 0.310 e. The lowest BCUT2D eigenvalue weighted by atomic mass is 9.88. The van der Waals surface area contributed by atoms with Crippen LogP contribution in [-0.2, 0) is 9.59 Å². The summed E-state index contributed by atoms with van der Waals surface area (Å²) in [5.41, 5.74) is 3.11. The molecule has 30 heavy (non-hydrogen) atoms. The maximum Gasteiger partial charge on any atom is 0.310 e. The summed E-state index contributed by atoms with van der Waals surface area (Å²) in [6.07, 6.45) is 1.08. The minimum atomic E-state index is -1.23. The Labute approximate surface area is 173 Å². The van der Waals surface area contributed by atoms with Crippen molar-refractivity contribution < 1.29 is 33.7 Å². The number of hydrogen-bond acceptors (Lipinski definition) is 5. The highest BCUT2D eigenvalue weighted by Crippen LogP contribution is 2.47. The molecule has 2 aromatic carbocycles. The number of aliphatic carboxylic acids is 1. The quantitative estimate of drug-likeness (QED) is 0.631. The Morgan fingerprint density at radius 2 is 1.90 bits per heavy atom. The molecule has 0 saturated carbocycles. The number of ketones is 1. The van der Waals surface area contributed by atoms with Gasteiger partial charge in [-0.1, -0.05) is 38.1 Å². The molecule has 1 atom stereocenters. The molecule has 158 valence electrons. The Bertz CT molecular complexity index is 978. The van der Waals surface area contributed by atoms with Gasteiger partial charge in [-0.3, -0.25) is 9.59 Å². The average Bonchev–Trinajstić information content (AvgIpc) is 3.13. The standard InChI is InChI=1S/C23H23FO6/c1-13(2)19-11-20-23(30-12-29-20)22(14-3-5-15(24)6-4-14)18(19)8-7-16(25)9-17(26)10-21(27)28/h3-8,11,13,16,25H,9-10,12H2,1-2H3,(H,27,28)/b8-7+. The summed E-state index contributed by atoms with van der Waals surface area (Å²) in [4.78, 5) is 22.3. The van der Waals surface area contributed by atoms with E-state index in [1.807, 2.05) is 19.9 Å². The van der Waals surface area contributed by atoms with Gasteiger partial charge < -0.3 is 19.7 Å². The zero-order valence-electron chi connectivity index (χ0n) is 16.7. The highest BCUT2D eigenvalue weighted by molar-refractivity contribution is 5.95. The lowest BCUT2D eigenvalue weighted by Gasteiger charge is -2.18. The molecule has 0 bridgehead atoms. The molecule has 1 aliphatic rings. The van der Waals surface area contributed by atoms with Gasteiger partial charge >= 0.3 is 5.97 Å². The van der Waals surface area contributed by atoms with Gasteiger partial charge in [-0.15, -0.1) is 0 Å². The van der Waals surface area contributed by atoms with Gasteiger partial charge in [0, 0.05) is 12.0 Å². The molecule has 7 heteroatoms. The van der Waals surface area contributed by atoms with E-state index in [2.05, 4.69) is 0 Å². The maximum atomic E-state index is 13.5. The summed E-state index contributed by atoms with van der Waals surface area (Å²) in [5.74, 6) is -0.934. The lowest BCUT2D eigenvalue weighted by Crippen LogP contribution is -2.14. The van der Waals surface area contributed by atoms with Gasteiger partial charge in [-0.25, -0.2) is 4.39 Å². The van der Waals surface area contributed by atoms with Crippen LogP contribution in [0.3, 0.4) is 0 Å². The number of rotatable bonds is 8. The van der Waals surface area contributed by atoms with Crippen molar-refractivity contribution in [2.45, 2.75) is 38.7 Å². The van der Waals surface area contributed by atoms with Gasteiger partial charge in [0.15, 0.2) is 11.5 Å². The first kappa shape index (κ1) is 21.5. The lowest BCUT2D eigenvalue weighted by molar-refractivity contribution is -0.140. The zero-order valence-corrected chi connectivity index (χ0v) is 16.7. The van der Waals surface area contributed by atoms with Crippen molar-refractivity contribution in [2.24, 2.45) is 0 Å². The van der Waals surface area contributed by atoms with E-state index in [0.717, 1.165) is 16.7 Å². The Hall–Kier alpha value is -3.19. The van der Waals surface area contributed by atoms with Crippen LogP contribution >= 0.6 is 0 Å². The Morgan fingerprint density at radius 3 is 2.53 bits per heavy atom. The van der Waals surface area contributed by atoms with Crippen LogP contribution in [0.1, 0.15) is 43.7 Å². The number of aliphatic hydroxyl groups is 1. The summed E-state index contributed by atoms with van der Waals surface area (Å²) in [6, 6.07) is 7.86. The van der Waals surface area contributed by atoms with Gasteiger partial charge in [-0.05, 0) is 40.8 Å². The number of carbonyl (C=O) groups excluding carboxylic acids is 1. The fraction of sp³-hybridized carbons (Fsp3) is 0.304. The third-order valence-electron chi connectivity index (χ3n) is 4.76. The predicted octanol–water partition coefficient (Wildman–Crippen LogP) is 4.15. The number of fused-ring (bicyclic) bond motifs is 1. The zero-order chi connectivity index (χ0) is 21.8. The molecule has 0 aromatic heterocycles. The first-order chi connectivity index (χ1) is 14.3. The van der Waals surface area contributed by atoms with E-state index in [1.54, 1.807) is 18.2 Å². The van der Waals surface area contributed by atoms with Crippen LogP contribution in [-0.4, -0.2) is 34.9 Å². The number of carbonyl (C=O) groups is 2. The van der Waals surface area contributed by atoms with Crippen LogP contribution in [0.25, 0.3) is 17.2 Å². The van der Waals surface area contributed by atoms with E-state index in [4.69, 9.17) is 14.6 Å². The molecule has 3 rings (SSSR count). The van der Waals surface area contributed by atoms with Crippen molar-refractivity contribution in [3.63, 3.8) is 0 Å².